The third-order valence-electron chi connectivity index (χ3n) is 4.72. The molecule has 0 radical (unpaired) electrons. The highest BCUT2D eigenvalue weighted by Gasteiger charge is 2.37. The van der Waals surface area contributed by atoms with Gasteiger partial charge < -0.3 is 15.5 Å². The van der Waals surface area contributed by atoms with E-state index in [1.165, 1.54) is 0 Å². The zero-order chi connectivity index (χ0) is 19.0. The van der Waals surface area contributed by atoms with Crippen LogP contribution in [0.25, 0.3) is 0 Å². The molecule has 2 aromatic rings. The average molecular weight is 356 g/mol. The molecule has 2 N–H and O–H groups in total. The lowest BCUT2D eigenvalue weighted by Crippen LogP contribution is -2.57. The molecule has 1 amide bonds. The van der Waals surface area contributed by atoms with Crippen LogP contribution in [0.15, 0.2) is 41.4 Å². The Kier molecular flexibility index (Phi) is 3.98. The zero-order valence-corrected chi connectivity index (χ0v) is 14.7. The second-order valence-corrected chi connectivity index (χ2v) is 6.50. The predicted molar refractivity (Wildman–Crippen MR) is 101 cm³/mol. The van der Waals surface area contributed by atoms with Crippen molar-refractivity contribution in [1.82, 2.24) is 5.32 Å². The summed E-state index contributed by atoms with van der Waals surface area (Å²) >= 11 is 0. The van der Waals surface area contributed by atoms with Crippen molar-refractivity contribution in [2.75, 3.05) is 16.9 Å². The van der Waals surface area contributed by atoms with Gasteiger partial charge in [0.15, 0.2) is 6.04 Å². The lowest BCUT2D eigenvalue weighted by molar-refractivity contribution is -0.120. The average Bonchev–Trinajstić information content (AvgIpc) is 2.69. The van der Waals surface area contributed by atoms with Gasteiger partial charge in [-0.15, -0.1) is 0 Å². The van der Waals surface area contributed by atoms with E-state index in [4.69, 9.17) is 0 Å². The fourth-order valence-electron chi connectivity index (χ4n) is 3.31. The van der Waals surface area contributed by atoms with E-state index in [9.17, 15) is 15.3 Å². The van der Waals surface area contributed by atoms with Gasteiger partial charge in [-0.2, -0.15) is 10.5 Å². The van der Waals surface area contributed by atoms with E-state index in [1.807, 2.05) is 42.2 Å². The summed E-state index contributed by atoms with van der Waals surface area (Å²) in [5.74, 6) is 0.447. The standard InChI is InChI=1S/C20H16N6O/c1-12-2-4-13(5-3-12)10-26-17-7-15(9-22)14(8-21)6-16(17)25-18-19(26)23-11-24-20(18)27/h2-7,18,25H,10-11H2,1H3,(H,24,27). The van der Waals surface area contributed by atoms with Gasteiger partial charge in [-0.3, -0.25) is 4.79 Å². The van der Waals surface area contributed by atoms with Gasteiger partial charge in [0, 0.05) is 6.54 Å². The molecule has 0 saturated carbocycles. The van der Waals surface area contributed by atoms with Crippen LogP contribution in [0.1, 0.15) is 22.3 Å². The van der Waals surface area contributed by atoms with E-state index in [1.54, 1.807) is 12.1 Å². The fraction of sp³-hybridized carbons (Fsp3) is 0.200. The minimum atomic E-state index is -0.629. The minimum absolute atomic E-state index is 0.164. The second kappa shape index (κ2) is 6.47. The number of carbonyl (C=O) groups is 1. The van der Waals surface area contributed by atoms with Crippen LogP contribution in [0.4, 0.5) is 11.4 Å². The van der Waals surface area contributed by atoms with Gasteiger partial charge in [0.1, 0.15) is 24.6 Å². The Morgan fingerprint density at radius 3 is 2.59 bits per heavy atom. The molecule has 0 saturated heterocycles. The normalized spacial score (nSPS) is 17.4. The molecule has 4 rings (SSSR count). The lowest BCUT2D eigenvalue weighted by Gasteiger charge is -2.39. The van der Waals surface area contributed by atoms with Crippen molar-refractivity contribution < 1.29 is 4.79 Å². The van der Waals surface area contributed by atoms with E-state index < -0.39 is 6.04 Å². The maximum Gasteiger partial charge on any atom is 0.251 e. The Morgan fingerprint density at radius 1 is 1.19 bits per heavy atom. The summed E-state index contributed by atoms with van der Waals surface area (Å²) in [5.41, 5.74) is 4.16. The van der Waals surface area contributed by atoms with Gasteiger partial charge in [-0.25, -0.2) is 4.99 Å². The number of amides is 1. The highest BCUT2D eigenvalue weighted by atomic mass is 16.2. The predicted octanol–water partition coefficient (Wildman–Crippen LogP) is 2.02. The minimum Gasteiger partial charge on any atom is -0.366 e. The van der Waals surface area contributed by atoms with Gasteiger partial charge in [0.25, 0.3) is 5.91 Å². The van der Waals surface area contributed by atoms with E-state index in [0.29, 0.717) is 23.6 Å². The Bertz CT molecular complexity index is 1040. The molecule has 0 fully saturated rings. The summed E-state index contributed by atoms with van der Waals surface area (Å²) in [4.78, 5) is 18.8. The largest absolute Gasteiger partial charge is 0.366 e. The second-order valence-electron chi connectivity index (χ2n) is 6.50. The number of nitriles is 2. The Balaban J connectivity index is 1.85. The number of carbonyl (C=O) groups excluding carboxylic acids is 1. The smallest absolute Gasteiger partial charge is 0.251 e. The third kappa shape index (κ3) is 2.86. The summed E-state index contributed by atoms with van der Waals surface area (Å²) in [6, 6.07) is 14.9. The van der Waals surface area contributed by atoms with Gasteiger partial charge in [0.2, 0.25) is 0 Å². The van der Waals surface area contributed by atoms with Crippen LogP contribution in [0.2, 0.25) is 0 Å². The van der Waals surface area contributed by atoms with Crippen LogP contribution >= 0.6 is 0 Å². The van der Waals surface area contributed by atoms with Crippen LogP contribution in [0.5, 0.6) is 0 Å². The number of hydrogen-bond acceptors (Lipinski definition) is 6. The van der Waals surface area contributed by atoms with Crippen LogP contribution in [0.3, 0.4) is 0 Å². The van der Waals surface area contributed by atoms with Crippen LogP contribution in [0, 0.1) is 29.6 Å². The molecule has 2 heterocycles. The molecular weight excluding hydrogens is 340 g/mol. The SMILES string of the molecule is Cc1ccc(CN2C3=NCNC(=O)C3Nc3cc(C#N)c(C#N)cc32)cc1. The van der Waals surface area contributed by atoms with Crippen LogP contribution < -0.4 is 15.5 Å². The number of aryl methyl sites for hydroxylation is 1. The van der Waals surface area contributed by atoms with Crippen molar-refractivity contribution in [2.24, 2.45) is 4.99 Å². The van der Waals surface area contributed by atoms with Crippen molar-refractivity contribution in [3.8, 4) is 12.1 Å². The van der Waals surface area contributed by atoms with Crippen molar-refractivity contribution in [1.29, 1.82) is 10.5 Å². The maximum atomic E-state index is 12.4. The Morgan fingerprint density at radius 2 is 1.89 bits per heavy atom. The molecule has 2 aromatic carbocycles. The summed E-state index contributed by atoms with van der Waals surface area (Å²) in [6.07, 6.45) is 0. The first-order chi connectivity index (χ1) is 13.1. The number of fused-ring (bicyclic) bond motifs is 2. The van der Waals surface area contributed by atoms with Gasteiger partial charge in [-0.1, -0.05) is 29.8 Å². The molecular formula is C20H16N6O. The summed E-state index contributed by atoms with van der Waals surface area (Å²) in [6.45, 7) is 2.75. The zero-order valence-electron chi connectivity index (χ0n) is 14.7. The summed E-state index contributed by atoms with van der Waals surface area (Å²) < 4.78 is 0. The molecule has 2 aliphatic rings. The van der Waals surface area contributed by atoms with E-state index >= 15 is 0 Å². The number of anilines is 2. The molecule has 7 nitrogen and oxygen atoms in total. The number of rotatable bonds is 2. The third-order valence-corrected chi connectivity index (χ3v) is 4.72. The molecule has 0 bridgehead atoms. The number of nitrogens with one attached hydrogen (secondary N) is 2. The van der Waals surface area contributed by atoms with Crippen molar-refractivity contribution in [3.05, 3.63) is 58.7 Å². The summed E-state index contributed by atoms with van der Waals surface area (Å²) in [7, 11) is 0. The Hall–Kier alpha value is -3.84. The highest BCUT2D eigenvalue weighted by Crippen LogP contribution is 2.36. The Labute approximate surface area is 156 Å². The molecule has 1 atom stereocenters. The fourth-order valence-corrected chi connectivity index (χ4v) is 3.31. The molecule has 132 valence electrons. The van der Waals surface area contributed by atoms with Crippen LogP contribution in [-0.2, 0) is 11.3 Å². The van der Waals surface area contributed by atoms with Gasteiger partial charge in [-0.05, 0) is 24.6 Å². The topological polar surface area (TPSA) is 104 Å². The lowest BCUT2D eigenvalue weighted by atomic mass is 10.0. The number of nitrogens with zero attached hydrogens (tertiary/aromatic N) is 4. The molecule has 0 aromatic heterocycles. The maximum absolute atomic E-state index is 12.4. The van der Waals surface area contributed by atoms with Crippen molar-refractivity contribution in [2.45, 2.75) is 19.5 Å². The number of aliphatic imine (C=N–C) groups is 1. The molecule has 2 aliphatic heterocycles. The molecule has 1 unspecified atom stereocenters. The van der Waals surface area contributed by atoms with Crippen molar-refractivity contribution >= 4 is 23.1 Å². The molecule has 27 heavy (non-hydrogen) atoms. The first kappa shape index (κ1) is 16.6. The van der Waals surface area contributed by atoms with Crippen LogP contribution in [-0.4, -0.2) is 24.5 Å². The first-order valence-corrected chi connectivity index (χ1v) is 8.50. The van der Waals surface area contributed by atoms with Crippen molar-refractivity contribution in [3.63, 3.8) is 0 Å². The quantitative estimate of drug-likeness (QED) is 0.857. The van der Waals surface area contributed by atoms with E-state index in [0.717, 1.165) is 16.8 Å². The first-order valence-electron chi connectivity index (χ1n) is 8.50. The van der Waals surface area contributed by atoms with E-state index in [2.05, 4.69) is 21.7 Å². The molecule has 7 heteroatoms. The summed E-state index contributed by atoms with van der Waals surface area (Å²) in [5, 5.41) is 24.6. The van der Waals surface area contributed by atoms with Gasteiger partial charge in [0.05, 0.1) is 22.5 Å². The molecule has 0 spiro atoms. The highest BCUT2D eigenvalue weighted by molar-refractivity contribution is 6.20. The number of amidine groups is 1. The van der Waals surface area contributed by atoms with Gasteiger partial charge >= 0.3 is 0 Å². The number of hydrogen-bond donors (Lipinski definition) is 2. The monoisotopic (exact) mass is 356 g/mol. The van der Waals surface area contributed by atoms with E-state index in [-0.39, 0.29) is 18.1 Å². The number of benzene rings is 2. The molecule has 0 aliphatic carbocycles.